The van der Waals surface area contributed by atoms with E-state index < -0.39 is 40.5 Å². The van der Waals surface area contributed by atoms with E-state index in [2.05, 4.69) is 10.4 Å². The molecule has 33 heavy (non-hydrogen) atoms. The van der Waals surface area contributed by atoms with Gasteiger partial charge in [0.15, 0.2) is 5.69 Å². The van der Waals surface area contributed by atoms with Crippen LogP contribution in [0.15, 0.2) is 52.6 Å². The lowest BCUT2D eigenvalue weighted by atomic mass is 10.1. The van der Waals surface area contributed by atoms with Crippen molar-refractivity contribution in [1.82, 2.24) is 9.78 Å². The van der Waals surface area contributed by atoms with E-state index in [4.69, 9.17) is 4.74 Å². The van der Waals surface area contributed by atoms with Gasteiger partial charge in [-0.1, -0.05) is 12.1 Å². The van der Waals surface area contributed by atoms with Gasteiger partial charge in [0, 0.05) is 10.8 Å². The highest BCUT2D eigenvalue weighted by Crippen LogP contribution is 2.31. The average Bonchev–Trinajstić information content (AvgIpc) is 3.18. The second-order valence-electron chi connectivity index (χ2n) is 6.67. The summed E-state index contributed by atoms with van der Waals surface area (Å²) >= 11 is 0.856. The highest BCUT2D eigenvalue weighted by Gasteiger charge is 2.25. The predicted octanol–water partition coefficient (Wildman–Crippen LogP) is 4.29. The van der Waals surface area contributed by atoms with Gasteiger partial charge in [-0.2, -0.15) is 9.78 Å². The number of aromatic nitrogens is 2. The number of halogens is 3. The van der Waals surface area contributed by atoms with E-state index in [1.165, 1.54) is 23.6 Å². The molecule has 0 bridgehead atoms. The first kappa shape index (κ1) is 22.2. The minimum Gasteiger partial charge on any atom is -0.461 e. The number of esters is 1. The number of carbonyl (C=O) groups excluding carboxylic acids is 2. The molecule has 2 aromatic heterocycles. The Morgan fingerprint density at radius 3 is 2.48 bits per heavy atom. The summed E-state index contributed by atoms with van der Waals surface area (Å²) in [7, 11) is 0. The number of hydrogen-bond donors (Lipinski definition) is 1. The van der Waals surface area contributed by atoms with E-state index in [0.29, 0.717) is 0 Å². The number of benzene rings is 2. The topological polar surface area (TPSA) is 90.3 Å². The van der Waals surface area contributed by atoms with Crippen molar-refractivity contribution in [3.63, 3.8) is 0 Å². The van der Waals surface area contributed by atoms with Gasteiger partial charge in [0.05, 0.1) is 17.7 Å². The summed E-state index contributed by atoms with van der Waals surface area (Å²) in [5, 5.41) is 7.61. The quantitative estimate of drug-likeness (QED) is 0.437. The lowest BCUT2D eigenvalue weighted by molar-refractivity contribution is 0.0520. The monoisotopic (exact) mass is 473 g/mol. The zero-order valence-corrected chi connectivity index (χ0v) is 17.7. The number of anilines is 1. The maximum atomic E-state index is 14.0. The standard InChI is InChI=1S/C22H14F3N3O4S/c1-2-32-22(31)18-13-10-33-20(26-19(29)17-14(24)7-4-8-15(17)25)16(13)21(30)28(27-18)12-6-3-5-11(23)9-12/h3-10H,2H2,1H3,(H,26,29). The van der Waals surface area contributed by atoms with Crippen LogP contribution in [0.5, 0.6) is 0 Å². The summed E-state index contributed by atoms with van der Waals surface area (Å²) in [6, 6.07) is 7.90. The molecule has 11 heteroatoms. The van der Waals surface area contributed by atoms with Crippen LogP contribution in [0, 0.1) is 17.5 Å². The minimum absolute atomic E-state index is 0.0241. The van der Waals surface area contributed by atoms with Crippen LogP contribution in [0.2, 0.25) is 0 Å². The summed E-state index contributed by atoms with van der Waals surface area (Å²) < 4.78 is 47.6. The minimum atomic E-state index is -1.12. The van der Waals surface area contributed by atoms with Crippen molar-refractivity contribution in [1.29, 1.82) is 0 Å². The van der Waals surface area contributed by atoms with Gasteiger partial charge in [-0.05, 0) is 37.3 Å². The van der Waals surface area contributed by atoms with Crippen LogP contribution in [0.3, 0.4) is 0 Å². The molecule has 0 fully saturated rings. The van der Waals surface area contributed by atoms with Crippen molar-refractivity contribution in [3.8, 4) is 5.69 Å². The molecule has 0 aliphatic heterocycles. The average molecular weight is 473 g/mol. The van der Waals surface area contributed by atoms with Crippen LogP contribution >= 0.6 is 11.3 Å². The van der Waals surface area contributed by atoms with Gasteiger partial charge in [-0.3, -0.25) is 9.59 Å². The number of amides is 1. The Hall–Kier alpha value is -3.99. The van der Waals surface area contributed by atoms with Gasteiger partial charge in [-0.25, -0.2) is 18.0 Å². The van der Waals surface area contributed by atoms with Gasteiger partial charge < -0.3 is 10.1 Å². The van der Waals surface area contributed by atoms with Crippen LogP contribution in [0.4, 0.5) is 18.2 Å². The maximum Gasteiger partial charge on any atom is 0.359 e. The number of thiophene rings is 1. The van der Waals surface area contributed by atoms with E-state index in [1.54, 1.807) is 6.92 Å². The molecule has 2 aromatic carbocycles. The Morgan fingerprint density at radius 1 is 1.12 bits per heavy atom. The van der Waals surface area contributed by atoms with Crippen molar-refractivity contribution in [2.75, 3.05) is 11.9 Å². The molecule has 1 N–H and O–H groups in total. The van der Waals surface area contributed by atoms with Gasteiger partial charge in [0.25, 0.3) is 11.5 Å². The fourth-order valence-corrected chi connectivity index (χ4v) is 4.09. The van der Waals surface area contributed by atoms with E-state index in [-0.39, 0.29) is 33.8 Å². The Kier molecular flexibility index (Phi) is 5.97. The molecular weight excluding hydrogens is 459 g/mol. The molecule has 168 valence electrons. The Bertz CT molecular complexity index is 1450. The van der Waals surface area contributed by atoms with Crippen molar-refractivity contribution in [2.24, 2.45) is 0 Å². The van der Waals surface area contributed by atoms with E-state index in [9.17, 15) is 27.6 Å². The highest BCUT2D eigenvalue weighted by molar-refractivity contribution is 7.16. The molecular formula is C22H14F3N3O4S. The third kappa shape index (κ3) is 4.10. The summed E-state index contributed by atoms with van der Waals surface area (Å²) in [6.07, 6.45) is 0. The second-order valence-corrected chi connectivity index (χ2v) is 7.55. The van der Waals surface area contributed by atoms with Gasteiger partial charge in [-0.15, -0.1) is 11.3 Å². The Labute approximate surface area is 188 Å². The molecule has 0 saturated heterocycles. The normalized spacial score (nSPS) is 10.9. The first-order valence-corrected chi connectivity index (χ1v) is 10.4. The molecule has 4 aromatic rings. The largest absolute Gasteiger partial charge is 0.461 e. The highest BCUT2D eigenvalue weighted by atomic mass is 32.1. The van der Waals surface area contributed by atoms with Crippen LogP contribution in [-0.4, -0.2) is 28.3 Å². The second kappa shape index (κ2) is 8.87. The zero-order valence-electron chi connectivity index (χ0n) is 16.9. The fourth-order valence-electron chi connectivity index (χ4n) is 3.16. The molecule has 0 unspecified atom stereocenters. The van der Waals surface area contributed by atoms with Crippen molar-refractivity contribution in [3.05, 3.63) is 86.9 Å². The smallest absolute Gasteiger partial charge is 0.359 e. The van der Waals surface area contributed by atoms with Crippen LogP contribution < -0.4 is 10.9 Å². The van der Waals surface area contributed by atoms with Crippen molar-refractivity contribution in [2.45, 2.75) is 6.92 Å². The van der Waals surface area contributed by atoms with Crippen LogP contribution in [0.25, 0.3) is 16.5 Å². The summed E-state index contributed by atoms with van der Waals surface area (Å²) in [4.78, 5) is 38.3. The molecule has 0 aliphatic carbocycles. The fraction of sp³-hybridized carbons (Fsp3) is 0.0909. The molecule has 7 nitrogen and oxygen atoms in total. The third-order valence-electron chi connectivity index (χ3n) is 4.59. The Balaban J connectivity index is 1.91. The Morgan fingerprint density at radius 2 is 1.82 bits per heavy atom. The molecule has 4 rings (SSSR count). The van der Waals surface area contributed by atoms with Gasteiger partial charge in [0.1, 0.15) is 28.0 Å². The molecule has 0 saturated carbocycles. The van der Waals surface area contributed by atoms with Gasteiger partial charge >= 0.3 is 5.97 Å². The predicted molar refractivity (Wildman–Crippen MR) is 115 cm³/mol. The summed E-state index contributed by atoms with van der Waals surface area (Å²) in [5.74, 6) is -4.78. The number of fused-ring (bicyclic) bond motifs is 1. The molecule has 2 heterocycles. The first-order chi connectivity index (χ1) is 15.8. The SMILES string of the molecule is CCOC(=O)c1nn(-c2cccc(F)c2)c(=O)c2c(NC(=O)c3c(F)cccc3F)scc12. The first-order valence-electron chi connectivity index (χ1n) is 9.54. The van der Waals surface area contributed by atoms with E-state index in [0.717, 1.165) is 40.3 Å². The molecule has 0 spiro atoms. The number of ether oxygens (including phenoxy) is 1. The molecule has 1 amide bonds. The van der Waals surface area contributed by atoms with E-state index in [1.807, 2.05) is 0 Å². The number of nitrogens with zero attached hydrogens (tertiary/aromatic N) is 2. The number of nitrogens with one attached hydrogen (secondary N) is 1. The zero-order chi connectivity index (χ0) is 23.7. The summed E-state index contributed by atoms with van der Waals surface area (Å²) in [5.41, 5.74) is -1.83. The number of rotatable bonds is 5. The lowest BCUT2D eigenvalue weighted by Gasteiger charge is -2.10. The van der Waals surface area contributed by atoms with E-state index >= 15 is 0 Å². The van der Waals surface area contributed by atoms with Gasteiger partial charge in [0.2, 0.25) is 0 Å². The van der Waals surface area contributed by atoms with Crippen LogP contribution in [-0.2, 0) is 4.74 Å². The number of hydrogen-bond acceptors (Lipinski definition) is 6. The lowest BCUT2D eigenvalue weighted by Crippen LogP contribution is -2.26. The summed E-state index contributed by atoms with van der Waals surface area (Å²) in [6.45, 7) is 1.61. The third-order valence-corrected chi connectivity index (χ3v) is 5.49. The molecule has 0 atom stereocenters. The van der Waals surface area contributed by atoms with Crippen LogP contribution in [0.1, 0.15) is 27.8 Å². The molecule has 0 radical (unpaired) electrons. The molecule has 0 aliphatic rings. The van der Waals surface area contributed by atoms with Crippen molar-refractivity contribution < 1.29 is 27.5 Å². The maximum absolute atomic E-state index is 14.0. The van der Waals surface area contributed by atoms with Crippen molar-refractivity contribution >= 4 is 39.0 Å². The number of carbonyl (C=O) groups is 2.